The average Bonchev–Trinajstić information content (AvgIpc) is 2.87. The molecule has 2 rings (SSSR count). The fourth-order valence-electron chi connectivity index (χ4n) is 1.84. The molecule has 1 aromatic carbocycles. The van der Waals surface area contributed by atoms with Crippen LogP contribution in [0.15, 0.2) is 30.3 Å². The first-order valence-electron chi connectivity index (χ1n) is 6.60. The topological polar surface area (TPSA) is 61.4 Å². The number of fused-ring (bicyclic) bond motifs is 1. The van der Waals surface area contributed by atoms with Gasteiger partial charge < -0.3 is 15.7 Å². The van der Waals surface area contributed by atoms with Crippen LogP contribution in [0, 0.1) is 0 Å². The second-order valence-corrected chi connectivity index (χ2v) is 5.82. The minimum atomic E-state index is -4.30. The summed E-state index contributed by atoms with van der Waals surface area (Å²) in [4.78, 5) is 12.0. The largest absolute Gasteiger partial charge is 0.390 e. The van der Waals surface area contributed by atoms with Gasteiger partial charge in [0.2, 0.25) is 0 Å². The molecule has 4 nitrogen and oxygen atoms in total. The zero-order valence-corrected chi connectivity index (χ0v) is 12.3. The van der Waals surface area contributed by atoms with Crippen molar-refractivity contribution in [2.75, 3.05) is 13.1 Å². The highest BCUT2D eigenvalue weighted by atomic mass is 32.1. The van der Waals surface area contributed by atoms with Gasteiger partial charge in [0.15, 0.2) is 0 Å². The number of urea groups is 1. The maximum Gasteiger partial charge on any atom is 0.390 e. The molecular weight excluding hydrogens is 317 g/mol. The molecule has 3 N–H and O–H groups in total. The van der Waals surface area contributed by atoms with E-state index >= 15 is 0 Å². The summed E-state index contributed by atoms with van der Waals surface area (Å²) >= 11 is 1.41. The molecule has 0 spiro atoms. The number of alkyl halides is 3. The maximum atomic E-state index is 11.9. The Morgan fingerprint density at radius 3 is 2.68 bits per heavy atom. The third kappa shape index (κ3) is 4.88. The number of carbonyl (C=O) groups is 1. The van der Waals surface area contributed by atoms with E-state index in [1.54, 1.807) is 0 Å². The normalized spacial score (nSPS) is 13.1. The number of hydrogen-bond donors (Lipinski definition) is 3. The Kier molecular flexibility index (Phi) is 5.25. The third-order valence-corrected chi connectivity index (χ3v) is 4.14. The van der Waals surface area contributed by atoms with Crippen LogP contribution in [0.3, 0.4) is 0 Å². The minimum Gasteiger partial charge on any atom is -0.386 e. The Balaban J connectivity index is 1.79. The molecule has 2 amide bonds. The first-order chi connectivity index (χ1) is 10.3. The molecule has 0 aliphatic heterocycles. The van der Waals surface area contributed by atoms with E-state index < -0.39 is 31.3 Å². The number of benzene rings is 1. The quantitative estimate of drug-likeness (QED) is 0.787. The lowest BCUT2D eigenvalue weighted by atomic mass is 10.2. The van der Waals surface area contributed by atoms with Crippen molar-refractivity contribution in [3.8, 4) is 0 Å². The number of nitrogens with one attached hydrogen (secondary N) is 2. The molecule has 120 valence electrons. The van der Waals surface area contributed by atoms with Crippen LogP contribution in [0.25, 0.3) is 10.1 Å². The summed E-state index contributed by atoms with van der Waals surface area (Å²) in [6.07, 6.45) is -6.28. The zero-order chi connectivity index (χ0) is 16.2. The molecule has 0 radical (unpaired) electrons. The maximum absolute atomic E-state index is 11.9. The lowest BCUT2D eigenvalue weighted by Crippen LogP contribution is -2.39. The monoisotopic (exact) mass is 332 g/mol. The smallest absolute Gasteiger partial charge is 0.386 e. The lowest BCUT2D eigenvalue weighted by molar-refractivity contribution is -0.132. The molecule has 0 saturated carbocycles. The standard InChI is InChI=1S/C14H15F3N2O2S/c15-14(16,17)5-6-18-13(21)19-8-10(20)12-7-9-3-1-2-4-11(9)22-12/h1-4,7,10,20H,5-6,8H2,(H2,18,19,21). The molecule has 1 unspecified atom stereocenters. The highest BCUT2D eigenvalue weighted by Gasteiger charge is 2.26. The highest BCUT2D eigenvalue weighted by molar-refractivity contribution is 7.19. The number of rotatable bonds is 5. The van der Waals surface area contributed by atoms with Gasteiger partial charge in [-0.05, 0) is 17.5 Å². The van der Waals surface area contributed by atoms with Crippen LogP contribution in [0.4, 0.5) is 18.0 Å². The van der Waals surface area contributed by atoms with E-state index in [1.165, 1.54) is 11.3 Å². The summed E-state index contributed by atoms with van der Waals surface area (Å²) in [5.41, 5.74) is 0. The summed E-state index contributed by atoms with van der Waals surface area (Å²) in [5.74, 6) is 0. The molecule has 22 heavy (non-hydrogen) atoms. The number of aliphatic hydroxyl groups excluding tert-OH is 1. The van der Waals surface area contributed by atoms with Gasteiger partial charge in [-0.15, -0.1) is 11.3 Å². The molecule has 0 saturated heterocycles. The van der Waals surface area contributed by atoms with Gasteiger partial charge in [-0.2, -0.15) is 13.2 Å². The molecular formula is C14H15F3N2O2S. The van der Waals surface area contributed by atoms with Gasteiger partial charge in [-0.25, -0.2) is 4.79 Å². The van der Waals surface area contributed by atoms with Gasteiger partial charge >= 0.3 is 12.2 Å². The predicted molar refractivity (Wildman–Crippen MR) is 78.9 cm³/mol. The molecule has 1 aromatic heterocycles. The molecule has 0 aliphatic rings. The Morgan fingerprint density at radius 1 is 1.27 bits per heavy atom. The molecule has 0 fully saturated rings. The first-order valence-corrected chi connectivity index (χ1v) is 7.42. The highest BCUT2D eigenvalue weighted by Crippen LogP contribution is 2.29. The van der Waals surface area contributed by atoms with Gasteiger partial charge in [-0.1, -0.05) is 18.2 Å². The fraction of sp³-hybridized carbons (Fsp3) is 0.357. The Hall–Kier alpha value is -1.80. The van der Waals surface area contributed by atoms with Crippen molar-refractivity contribution in [2.45, 2.75) is 18.7 Å². The molecule has 0 bridgehead atoms. The predicted octanol–water partition coefficient (Wildman–Crippen LogP) is 3.19. The van der Waals surface area contributed by atoms with Gasteiger partial charge in [0.1, 0.15) is 6.10 Å². The Bertz CT molecular complexity index is 609. The number of hydrogen-bond acceptors (Lipinski definition) is 3. The molecule has 0 aliphatic carbocycles. The number of carbonyl (C=O) groups excluding carboxylic acids is 1. The van der Waals surface area contributed by atoms with Crippen molar-refractivity contribution in [1.82, 2.24) is 10.6 Å². The summed E-state index contributed by atoms with van der Waals surface area (Å²) in [5, 5.41) is 15.5. The number of thiophene rings is 1. The summed E-state index contributed by atoms with van der Waals surface area (Å²) in [6.45, 7) is -0.557. The van der Waals surface area contributed by atoms with E-state index in [-0.39, 0.29) is 6.54 Å². The average molecular weight is 332 g/mol. The van der Waals surface area contributed by atoms with Crippen LogP contribution in [-0.2, 0) is 0 Å². The van der Waals surface area contributed by atoms with E-state index in [2.05, 4.69) is 10.6 Å². The van der Waals surface area contributed by atoms with Crippen molar-refractivity contribution in [3.05, 3.63) is 35.2 Å². The van der Waals surface area contributed by atoms with Gasteiger partial charge in [0, 0.05) is 16.1 Å². The number of aliphatic hydroxyl groups is 1. The van der Waals surface area contributed by atoms with Crippen molar-refractivity contribution in [3.63, 3.8) is 0 Å². The van der Waals surface area contributed by atoms with Crippen molar-refractivity contribution >= 4 is 27.5 Å². The van der Waals surface area contributed by atoms with Crippen LogP contribution in [0.2, 0.25) is 0 Å². The van der Waals surface area contributed by atoms with Crippen molar-refractivity contribution < 1.29 is 23.1 Å². The third-order valence-electron chi connectivity index (χ3n) is 2.92. The summed E-state index contributed by atoms with van der Waals surface area (Å²) < 4.78 is 36.8. The van der Waals surface area contributed by atoms with E-state index in [9.17, 15) is 23.1 Å². The zero-order valence-electron chi connectivity index (χ0n) is 11.5. The lowest BCUT2D eigenvalue weighted by Gasteiger charge is -2.12. The van der Waals surface area contributed by atoms with Gasteiger partial charge in [0.25, 0.3) is 0 Å². The Labute approximate surface area is 128 Å². The van der Waals surface area contributed by atoms with Crippen molar-refractivity contribution in [1.29, 1.82) is 0 Å². The van der Waals surface area contributed by atoms with E-state index in [1.807, 2.05) is 30.3 Å². The van der Waals surface area contributed by atoms with Gasteiger partial charge in [0.05, 0.1) is 13.0 Å². The molecule has 1 heterocycles. The van der Waals surface area contributed by atoms with Gasteiger partial charge in [-0.3, -0.25) is 0 Å². The first kappa shape index (κ1) is 16.6. The second-order valence-electron chi connectivity index (χ2n) is 4.70. The summed E-state index contributed by atoms with van der Waals surface area (Å²) in [6, 6.07) is 8.71. The molecule has 2 aromatic rings. The van der Waals surface area contributed by atoms with Crippen molar-refractivity contribution in [2.24, 2.45) is 0 Å². The molecule has 1 atom stereocenters. The van der Waals surface area contributed by atoms with E-state index in [4.69, 9.17) is 0 Å². The second kappa shape index (κ2) is 6.97. The van der Waals surface area contributed by atoms with Crippen LogP contribution in [-0.4, -0.2) is 30.4 Å². The van der Waals surface area contributed by atoms with E-state index in [0.29, 0.717) is 4.88 Å². The summed E-state index contributed by atoms with van der Waals surface area (Å²) in [7, 11) is 0. The SMILES string of the molecule is O=C(NCCC(F)(F)F)NCC(O)c1cc2ccccc2s1. The fourth-order valence-corrected chi connectivity index (χ4v) is 2.89. The van der Waals surface area contributed by atoms with Crippen LogP contribution < -0.4 is 10.6 Å². The molecule has 8 heteroatoms. The number of halogens is 3. The van der Waals surface area contributed by atoms with Crippen LogP contribution in [0.1, 0.15) is 17.4 Å². The van der Waals surface area contributed by atoms with Crippen LogP contribution in [0.5, 0.6) is 0 Å². The van der Waals surface area contributed by atoms with E-state index in [0.717, 1.165) is 10.1 Å². The minimum absolute atomic E-state index is 0.0648. The van der Waals surface area contributed by atoms with Crippen LogP contribution >= 0.6 is 11.3 Å². The number of amides is 2. The Morgan fingerprint density at radius 2 is 2.00 bits per heavy atom.